The van der Waals surface area contributed by atoms with Crippen molar-refractivity contribution in [2.24, 2.45) is 0 Å². The molecule has 110 valence electrons. The summed E-state index contributed by atoms with van der Waals surface area (Å²) in [7, 11) is 0. The molecule has 0 aliphatic carbocycles. The summed E-state index contributed by atoms with van der Waals surface area (Å²) in [4.78, 5) is 12.1. The highest BCUT2D eigenvalue weighted by molar-refractivity contribution is 6.30. The lowest BCUT2D eigenvalue weighted by Crippen LogP contribution is -2.14. The Kier molecular flexibility index (Phi) is 4.26. The number of carbonyl (C=O) groups is 1. The maximum absolute atomic E-state index is 12.1. The van der Waals surface area contributed by atoms with Crippen molar-refractivity contribution in [3.05, 3.63) is 77.7 Å². The van der Waals surface area contributed by atoms with Crippen molar-refractivity contribution in [1.29, 1.82) is 0 Å². The third kappa shape index (κ3) is 3.57. The van der Waals surface area contributed by atoms with Crippen LogP contribution in [0.3, 0.4) is 0 Å². The molecule has 22 heavy (non-hydrogen) atoms. The molecule has 4 heteroatoms. The van der Waals surface area contributed by atoms with E-state index in [1.807, 2.05) is 30.3 Å². The zero-order chi connectivity index (χ0) is 15.4. The van der Waals surface area contributed by atoms with Crippen LogP contribution in [0.15, 0.2) is 71.5 Å². The predicted octanol–water partition coefficient (Wildman–Crippen LogP) is 4.78. The quantitative estimate of drug-likeness (QED) is 0.753. The van der Waals surface area contributed by atoms with E-state index >= 15 is 0 Å². The molecule has 0 fully saturated rings. The van der Waals surface area contributed by atoms with Crippen molar-refractivity contribution >= 4 is 23.2 Å². The van der Waals surface area contributed by atoms with Crippen molar-refractivity contribution in [2.75, 3.05) is 5.32 Å². The lowest BCUT2D eigenvalue weighted by Gasteiger charge is -2.06. The fourth-order valence-corrected chi connectivity index (χ4v) is 2.34. The highest BCUT2D eigenvalue weighted by Gasteiger charge is 2.06. The standard InChI is InChI=1S/C18H14ClNO2/c19-16-4-6-17(7-5-16)20-18(21)11-13-2-1-3-14(10-13)15-8-9-22-12-15/h1-10,12H,11H2,(H,20,21). The molecule has 0 bridgehead atoms. The molecule has 0 atom stereocenters. The number of anilines is 1. The molecule has 0 aliphatic rings. The van der Waals surface area contributed by atoms with Gasteiger partial charge in [0.2, 0.25) is 5.91 Å². The molecule has 3 rings (SSSR count). The predicted molar refractivity (Wildman–Crippen MR) is 87.9 cm³/mol. The van der Waals surface area contributed by atoms with E-state index in [2.05, 4.69) is 5.32 Å². The first-order valence-corrected chi connectivity index (χ1v) is 7.25. The van der Waals surface area contributed by atoms with E-state index in [1.54, 1.807) is 36.8 Å². The number of benzene rings is 2. The van der Waals surface area contributed by atoms with Gasteiger partial charge in [-0.25, -0.2) is 0 Å². The second-order valence-corrected chi connectivity index (χ2v) is 5.38. The zero-order valence-corrected chi connectivity index (χ0v) is 12.5. The summed E-state index contributed by atoms with van der Waals surface area (Å²) in [5, 5.41) is 3.50. The van der Waals surface area contributed by atoms with Crippen LogP contribution in [-0.4, -0.2) is 5.91 Å². The second kappa shape index (κ2) is 6.50. The highest BCUT2D eigenvalue weighted by Crippen LogP contribution is 2.21. The van der Waals surface area contributed by atoms with Gasteiger partial charge in [0, 0.05) is 16.3 Å². The lowest BCUT2D eigenvalue weighted by molar-refractivity contribution is -0.115. The van der Waals surface area contributed by atoms with E-state index in [0.717, 1.165) is 22.4 Å². The summed E-state index contributed by atoms with van der Waals surface area (Å²) < 4.78 is 5.09. The molecule has 1 aromatic heterocycles. The summed E-state index contributed by atoms with van der Waals surface area (Å²) in [5.74, 6) is -0.0633. The largest absolute Gasteiger partial charge is 0.472 e. The van der Waals surface area contributed by atoms with Crippen LogP contribution >= 0.6 is 11.6 Å². The van der Waals surface area contributed by atoms with Crippen LogP contribution in [0.25, 0.3) is 11.1 Å². The smallest absolute Gasteiger partial charge is 0.228 e. The Morgan fingerprint density at radius 1 is 1.05 bits per heavy atom. The number of nitrogens with one attached hydrogen (secondary N) is 1. The van der Waals surface area contributed by atoms with Gasteiger partial charge in [0.15, 0.2) is 0 Å². The molecular weight excluding hydrogens is 298 g/mol. The fourth-order valence-electron chi connectivity index (χ4n) is 2.21. The minimum Gasteiger partial charge on any atom is -0.472 e. The molecule has 0 radical (unpaired) electrons. The van der Waals surface area contributed by atoms with Crippen molar-refractivity contribution in [2.45, 2.75) is 6.42 Å². The summed E-state index contributed by atoms with van der Waals surface area (Å²) in [6.07, 6.45) is 3.64. The molecule has 0 saturated carbocycles. The van der Waals surface area contributed by atoms with Crippen LogP contribution in [-0.2, 0) is 11.2 Å². The molecule has 0 saturated heterocycles. The van der Waals surface area contributed by atoms with Gasteiger partial charge >= 0.3 is 0 Å². The van der Waals surface area contributed by atoms with Crippen LogP contribution in [0.5, 0.6) is 0 Å². The number of amides is 1. The molecule has 1 N–H and O–H groups in total. The van der Waals surface area contributed by atoms with E-state index in [1.165, 1.54) is 0 Å². The molecule has 0 unspecified atom stereocenters. The molecule has 1 heterocycles. The highest BCUT2D eigenvalue weighted by atomic mass is 35.5. The first-order valence-electron chi connectivity index (χ1n) is 6.88. The van der Waals surface area contributed by atoms with Crippen molar-refractivity contribution < 1.29 is 9.21 Å². The monoisotopic (exact) mass is 311 g/mol. The number of rotatable bonds is 4. The molecule has 1 amide bonds. The fraction of sp³-hybridized carbons (Fsp3) is 0.0556. The molecule has 2 aromatic carbocycles. The van der Waals surface area contributed by atoms with Gasteiger partial charge in [-0.05, 0) is 41.5 Å². The number of furan rings is 1. The maximum atomic E-state index is 12.1. The lowest BCUT2D eigenvalue weighted by atomic mass is 10.0. The summed E-state index contributed by atoms with van der Waals surface area (Å²) in [5.41, 5.74) is 3.72. The van der Waals surface area contributed by atoms with Crippen LogP contribution in [0.4, 0.5) is 5.69 Å². The summed E-state index contributed by atoms with van der Waals surface area (Å²) >= 11 is 5.82. The van der Waals surface area contributed by atoms with Crippen molar-refractivity contribution in [1.82, 2.24) is 0 Å². The third-order valence-corrected chi connectivity index (χ3v) is 3.53. The van der Waals surface area contributed by atoms with Gasteiger partial charge in [0.05, 0.1) is 18.9 Å². The average Bonchev–Trinajstić information content (AvgIpc) is 3.04. The van der Waals surface area contributed by atoms with Gasteiger partial charge in [-0.3, -0.25) is 4.79 Å². The van der Waals surface area contributed by atoms with Gasteiger partial charge in [-0.2, -0.15) is 0 Å². The molecule has 0 aliphatic heterocycles. The van der Waals surface area contributed by atoms with Gasteiger partial charge < -0.3 is 9.73 Å². The summed E-state index contributed by atoms with van der Waals surface area (Å²) in [6, 6.07) is 16.8. The Labute approximate surface area is 133 Å². The molecule has 3 nitrogen and oxygen atoms in total. The van der Waals surface area contributed by atoms with Crippen LogP contribution in [0, 0.1) is 0 Å². The minimum absolute atomic E-state index is 0.0633. The number of halogens is 1. The third-order valence-electron chi connectivity index (χ3n) is 3.27. The normalized spacial score (nSPS) is 10.4. The first-order chi connectivity index (χ1) is 10.7. The first kappa shape index (κ1) is 14.4. The number of hydrogen-bond donors (Lipinski definition) is 1. The molecule has 3 aromatic rings. The van der Waals surface area contributed by atoms with Gasteiger partial charge in [-0.1, -0.05) is 35.9 Å². The second-order valence-electron chi connectivity index (χ2n) is 4.94. The van der Waals surface area contributed by atoms with Crippen LogP contribution in [0.2, 0.25) is 5.02 Å². The van der Waals surface area contributed by atoms with Crippen molar-refractivity contribution in [3.8, 4) is 11.1 Å². The van der Waals surface area contributed by atoms with E-state index in [0.29, 0.717) is 11.4 Å². The van der Waals surface area contributed by atoms with Crippen LogP contribution < -0.4 is 5.32 Å². The Morgan fingerprint density at radius 2 is 1.86 bits per heavy atom. The topological polar surface area (TPSA) is 42.2 Å². The Morgan fingerprint density at radius 3 is 2.59 bits per heavy atom. The van der Waals surface area contributed by atoms with Crippen LogP contribution in [0.1, 0.15) is 5.56 Å². The molecule has 0 spiro atoms. The maximum Gasteiger partial charge on any atom is 0.228 e. The summed E-state index contributed by atoms with van der Waals surface area (Å²) in [6.45, 7) is 0. The zero-order valence-electron chi connectivity index (χ0n) is 11.8. The number of carbonyl (C=O) groups excluding carboxylic acids is 1. The average molecular weight is 312 g/mol. The Balaban J connectivity index is 1.69. The number of hydrogen-bond acceptors (Lipinski definition) is 2. The van der Waals surface area contributed by atoms with Gasteiger partial charge in [-0.15, -0.1) is 0 Å². The van der Waals surface area contributed by atoms with E-state index in [-0.39, 0.29) is 5.91 Å². The van der Waals surface area contributed by atoms with Gasteiger partial charge in [0.1, 0.15) is 0 Å². The van der Waals surface area contributed by atoms with E-state index < -0.39 is 0 Å². The Bertz CT molecular complexity index is 764. The van der Waals surface area contributed by atoms with E-state index in [4.69, 9.17) is 16.0 Å². The molecular formula is C18H14ClNO2. The van der Waals surface area contributed by atoms with E-state index in [9.17, 15) is 4.79 Å². The van der Waals surface area contributed by atoms with Crippen molar-refractivity contribution in [3.63, 3.8) is 0 Å². The Hall–Kier alpha value is -2.52. The van der Waals surface area contributed by atoms with Gasteiger partial charge in [0.25, 0.3) is 0 Å². The minimum atomic E-state index is -0.0633. The SMILES string of the molecule is O=C(Cc1cccc(-c2ccoc2)c1)Nc1ccc(Cl)cc1.